The first-order chi connectivity index (χ1) is 31.2. The molecule has 0 fully saturated rings. The topological polar surface area (TPSA) is 38.7 Å². The van der Waals surface area contributed by atoms with Crippen molar-refractivity contribution in [1.29, 1.82) is 0 Å². The molecule has 0 saturated heterocycles. The third-order valence-electron chi connectivity index (χ3n) is 12.8. The highest BCUT2D eigenvalue weighted by Gasteiger charge is 2.47. The zero-order valence-electron chi connectivity index (χ0n) is 34.4. The second kappa shape index (κ2) is 15.0. The molecule has 11 aromatic rings. The summed E-state index contributed by atoms with van der Waals surface area (Å²) < 4.78 is 0. The van der Waals surface area contributed by atoms with Gasteiger partial charge >= 0.3 is 0 Å². The maximum Gasteiger partial charge on any atom is 0.164 e. The van der Waals surface area contributed by atoms with E-state index in [4.69, 9.17) is 15.0 Å². The van der Waals surface area contributed by atoms with Crippen LogP contribution >= 0.6 is 0 Å². The van der Waals surface area contributed by atoms with Crippen LogP contribution in [0, 0.1) is 0 Å². The zero-order valence-corrected chi connectivity index (χ0v) is 34.4. The van der Waals surface area contributed by atoms with Gasteiger partial charge in [-0.3, -0.25) is 0 Å². The summed E-state index contributed by atoms with van der Waals surface area (Å²) in [6, 6.07) is 84.8. The number of fused-ring (bicyclic) bond motifs is 8. The molecular weight excluding hydrogens is 763 g/mol. The summed E-state index contributed by atoms with van der Waals surface area (Å²) in [5.41, 5.74) is 14.4. The van der Waals surface area contributed by atoms with Crippen molar-refractivity contribution in [3.63, 3.8) is 0 Å². The van der Waals surface area contributed by atoms with Gasteiger partial charge in [0.05, 0.1) is 5.41 Å². The average Bonchev–Trinajstić information content (AvgIpc) is 3.69. The first-order valence-corrected chi connectivity index (χ1v) is 21.5. The number of hydrogen-bond acceptors (Lipinski definition) is 3. The Labute approximate surface area is 366 Å². The van der Waals surface area contributed by atoms with E-state index < -0.39 is 5.41 Å². The van der Waals surface area contributed by atoms with Gasteiger partial charge in [0.15, 0.2) is 17.5 Å². The second-order valence-electron chi connectivity index (χ2n) is 16.3. The molecule has 0 N–H and O–H groups in total. The number of nitrogens with zero attached hydrogens (tertiary/aromatic N) is 3. The van der Waals surface area contributed by atoms with Gasteiger partial charge in [0.1, 0.15) is 0 Å². The third-order valence-corrected chi connectivity index (χ3v) is 12.8. The van der Waals surface area contributed by atoms with Crippen LogP contribution in [0.1, 0.15) is 22.3 Å². The van der Waals surface area contributed by atoms with Crippen molar-refractivity contribution in [1.82, 2.24) is 15.0 Å². The van der Waals surface area contributed by atoms with Crippen LogP contribution in [0.5, 0.6) is 0 Å². The molecule has 0 radical (unpaired) electrons. The first kappa shape index (κ1) is 36.6. The SMILES string of the molecule is c1ccc(-c2cccc(-c3nc(-c4ccccc4)nc(-c4cccc(-c5ccc(C6(c7ccccc7)c7ccccc7-c7c6c6ccccc6c6ccccc76)cc5)c4)n3)c2)cc1. The second-order valence-corrected chi connectivity index (χ2v) is 16.3. The Hall–Kier alpha value is -8.27. The van der Waals surface area contributed by atoms with E-state index in [0.29, 0.717) is 17.5 Å². The van der Waals surface area contributed by atoms with Crippen molar-refractivity contribution in [2.24, 2.45) is 0 Å². The average molecular weight is 802 g/mol. The molecule has 0 saturated carbocycles. The Morgan fingerprint density at radius 1 is 0.270 bits per heavy atom. The standard InChI is InChI=1S/C60H39N3/c1-4-18-40(19-5-1)43-22-16-24-45(38-43)58-61-57(42-20-6-2-7-21-42)62-59(63-58)46-25-17-23-44(39-46)41-34-36-48(37-35-41)60(47-26-8-3-9-27-47)54-33-15-14-32-53(54)55-51-30-12-10-28-49(51)50-29-11-13-31-52(50)56(55)60/h1-39H. The van der Waals surface area contributed by atoms with Gasteiger partial charge in [-0.1, -0.05) is 224 Å². The lowest BCUT2D eigenvalue weighted by Crippen LogP contribution is -2.28. The molecule has 1 unspecified atom stereocenters. The Bertz CT molecular complexity index is 3490. The van der Waals surface area contributed by atoms with Gasteiger partial charge < -0.3 is 0 Å². The minimum atomic E-state index is -0.551. The monoisotopic (exact) mass is 801 g/mol. The third kappa shape index (κ3) is 6.01. The van der Waals surface area contributed by atoms with Gasteiger partial charge in [-0.25, -0.2) is 15.0 Å². The van der Waals surface area contributed by atoms with Crippen molar-refractivity contribution < 1.29 is 0 Å². The summed E-state index contributed by atoms with van der Waals surface area (Å²) in [5.74, 6) is 1.90. The van der Waals surface area contributed by atoms with E-state index in [9.17, 15) is 0 Å². The van der Waals surface area contributed by atoms with Gasteiger partial charge in [-0.2, -0.15) is 0 Å². The largest absolute Gasteiger partial charge is 0.208 e. The molecule has 12 rings (SSSR count). The predicted molar refractivity (Wildman–Crippen MR) is 259 cm³/mol. The van der Waals surface area contributed by atoms with Gasteiger partial charge in [0.2, 0.25) is 0 Å². The lowest BCUT2D eigenvalue weighted by Gasteiger charge is -2.35. The number of benzene rings is 10. The van der Waals surface area contributed by atoms with Crippen LogP contribution in [0.15, 0.2) is 237 Å². The summed E-state index contributed by atoms with van der Waals surface area (Å²) >= 11 is 0. The van der Waals surface area contributed by atoms with Crippen LogP contribution in [0.25, 0.3) is 89.1 Å². The Balaban J connectivity index is 1.00. The van der Waals surface area contributed by atoms with Crippen molar-refractivity contribution in [3.8, 4) is 67.5 Å². The normalized spacial score (nSPS) is 14.1. The number of rotatable bonds is 7. The van der Waals surface area contributed by atoms with E-state index >= 15 is 0 Å². The molecule has 10 aromatic carbocycles. The van der Waals surface area contributed by atoms with E-state index in [1.54, 1.807) is 0 Å². The fourth-order valence-corrected chi connectivity index (χ4v) is 10.00. The molecule has 1 aliphatic carbocycles. The number of hydrogen-bond donors (Lipinski definition) is 0. The number of aromatic nitrogens is 3. The van der Waals surface area contributed by atoms with Gasteiger partial charge in [0, 0.05) is 16.7 Å². The van der Waals surface area contributed by atoms with E-state index in [1.165, 1.54) is 54.9 Å². The Morgan fingerprint density at radius 2 is 0.683 bits per heavy atom. The molecule has 3 nitrogen and oxygen atoms in total. The molecule has 1 heterocycles. The molecule has 63 heavy (non-hydrogen) atoms. The summed E-state index contributed by atoms with van der Waals surface area (Å²) in [7, 11) is 0. The summed E-state index contributed by atoms with van der Waals surface area (Å²) in [6.07, 6.45) is 0. The van der Waals surface area contributed by atoms with Crippen molar-refractivity contribution in [2.75, 3.05) is 0 Å². The molecular formula is C60H39N3. The summed E-state index contributed by atoms with van der Waals surface area (Å²) in [5, 5.41) is 5.11. The fraction of sp³-hybridized carbons (Fsp3) is 0.0167. The predicted octanol–water partition coefficient (Wildman–Crippen LogP) is 14.9. The van der Waals surface area contributed by atoms with Crippen LogP contribution in [-0.2, 0) is 5.41 Å². The Kier molecular flexibility index (Phi) is 8.72. The molecule has 0 amide bonds. The Morgan fingerprint density at radius 3 is 1.30 bits per heavy atom. The van der Waals surface area contributed by atoms with Crippen LogP contribution in [0.4, 0.5) is 0 Å². The lowest BCUT2D eigenvalue weighted by molar-refractivity contribution is 0.776. The quantitative estimate of drug-likeness (QED) is 0.151. The van der Waals surface area contributed by atoms with Crippen LogP contribution in [-0.4, -0.2) is 15.0 Å². The highest BCUT2D eigenvalue weighted by Crippen LogP contribution is 2.60. The lowest BCUT2D eigenvalue weighted by atomic mass is 9.66. The van der Waals surface area contributed by atoms with Crippen LogP contribution < -0.4 is 0 Å². The summed E-state index contributed by atoms with van der Waals surface area (Å²) in [4.78, 5) is 15.3. The minimum Gasteiger partial charge on any atom is -0.208 e. The molecule has 0 aliphatic heterocycles. The van der Waals surface area contributed by atoms with E-state index in [-0.39, 0.29) is 0 Å². The molecule has 1 aromatic heterocycles. The van der Waals surface area contributed by atoms with Crippen LogP contribution in [0.3, 0.4) is 0 Å². The molecule has 1 aliphatic rings. The van der Waals surface area contributed by atoms with Gasteiger partial charge in [0.25, 0.3) is 0 Å². The highest BCUT2D eigenvalue weighted by molar-refractivity contribution is 6.19. The minimum absolute atomic E-state index is 0.551. The molecule has 294 valence electrons. The first-order valence-electron chi connectivity index (χ1n) is 21.5. The smallest absolute Gasteiger partial charge is 0.164 e. The fourth-order valence-electron chi connectivity index (χ4n) is 10.00. The molecule has 0 spiro atoms. The van der Waals surface area contributed by atoms with E-state index in [1.807, 2.05) is 24.3 Å². The molecule has 0 bridgehead atoms. The van der Waals surface area contributed by atoms with Crippen molar-refractivity contribution in [2.45, 2.75) is 5.41 Å². The molecule has 3 heteroatoms. The van der Waals surface area contributed by atoms with E-state index in [2.05, 4.69) is 212 Å². The maximum atomic E-state index is 5.14. The molecule has 1 atom stereocenters. The highest BCUT2D eigenvalue weighted by atomic mass is 15.0. The zero-order chi connectivity index (χ0) is 41.7. The van der Waals surface area contributed by atoms with Gasteiger partial charge in [-0.05, 0) is 89.3 Å². The maximum absolute atomic E-state index is 5.14. The van der Waals surface area contributed by atoms with Crippen molar-refractivity contribution in [3.05, 3.63) is 259 Å². The van der Waals surface area contributed by atoms with Crippen LogP contribution in [0.2, 0.25) is 0 Å². The van der Waals surface area contributed by atoms with Crippen molar-refractivity contribution >= 4 is 21.5 Å². The van der Waals surface area contributed by atoms with E-state index in [0.717, 1.165) is 38.9 Å². The van der Waals surface area contributed by atoms with Gasteiger partial charge in [-0.15, -0.1) is 0 Å². The summed E-state index contributed by atoms with van der Waals surface area (Å²) in [6.45, 7) is 0.